The topological polar surface area (TPSA) is 41.1 Å². The molecule has 3 nitrogen and oxygen atoms in total. The van der Waals surface area contributed by atoms with E-state index in [0.717, 1.165) is 25.4 Å². The van der Waals surface area contributed by atoms with Gasteiger partial charge in [-0.3, -0.25) is 4.79 Å². The van der Waals surface area contributed by atoms with E-state index in [-0.39, 0.29) is 0 Å². The van der Waals surface area contributed by atoms with Crippen LogP contribution in [0.2, 0.25) is 0 Å². The first-order valence-corrected chi connectivity index (χ1v) is 8.38. The predicted octanol–water partition coefficient (Wildman–Crippen LogP) is 2.46. The van der Waals surface area contributed by atoms with Crippen molar-refractivity contribution in [1.29, 1.82) is 0 Å². The van der Waals surface area contributed by atoms with Crippen molar-refractivity contribution in [3.8, 4) is 0 Å². The van der Waals surface area contributed by atoms with Crippen LogP contribution < -0.4 is 10.6 Å². The molecule has 5 aliphatic rings. The van der Waals surface area contributed by atoms with Crippen molar-refractivity contribution < 1.29 is 4.79 Å². The molecule has 4 saturated carbocycles. The highest BCUT2D eigenvalue weighted by atomic mass is 16.1. The smallest absolute Gasteiger partial charge is 0.220 e. The van der Waals surface area contributed by atoms with Crippen molar-refractivity contribution in [1.82, 2.24) is 10.6 Å². The van der Waals surface area contributed by atoms with Crippen LogP contribution in [-0.2, 0) is 4.79 Å². The molecule has 2 N–H and O–H groups in total. The highest BCUT2D eigenvalue weighted by molar-refractivity contribution is 5.77. The van der Waals surface area contributed by atoms with Gasteiger partial charge in [-0.2, -0.15) is 0 Å². The Kier molecular flexibility index (Phi) is 2.62. The lowest BCUT2D eigenvalue weighted by Crippen LogP contribution is -2.59. The largest absolute Gasteiger partial charge is 0.351 e. The molecule has 0 aromatic rings. The number of carbonyl (C=O) groups excluding carboxylic acids is 1. The van der Waals surface area contributed by atoms with Crippen LogP contribution in [0.1, 0.15) is 58.8 Å². The molecule has 2 atom stereocenters. The minimum atomic E-state index is 0.311. The summed E-state index contributed by atoms with van der Waals surface area (Å²) in [5.74, 6) is 1.20. The van der Waals surface area contributed by atoms with Crippen molar-refractivity contribution in [2.75, 3.05) is 13.1 Å². The Morgan fingerprint density at radius 1 is 1.10 bits per heavy atom. The molecule has 2 unspecified atom stereocenters. The molecule has 0 spiro atoms. The van der Waals surface area contributed by atoms with Gasteiger partial charge in [0, 0.05) is 19.5 Å². The Morgan fingerprint density at radius 3 is 2.25 bits per heavy atom. The zero-order valence-electron chi connectivity index (χ0n) is 12.9. The Balaban J connectivity index is 1.50. The molecule has 112 valence electrons. The van der Waals surface area contributed by atoms with Crippen LogP contribution in [0.3, 0.4) is 0 Å². The quantitative estimate of drug-likeness (QED) is 0.831. The first-order chi connectivity index (χ1) is 9.38. The molecule has 1 amide bonds. The Morgan fingerprint density at radius 2 is 1.75 bits per heavy atom. The average Bonchev–Trinajstić information content (AvgIpc) is 2.17. The van der Waals surface area contributed by atoms with Crippen LogP contribution in [0, 0.1) is 22.2 Å². The van der Waals surface area contributed by atoms with Crippen molar-refractivity contribution >= 4 is 5.91 Å². The molecule has 0 radical (unpaired) electrons. The summed E-state index contributed by atoms with van der Waals surface area (Å²) in [4.78, 5) is 12.4. The van der Waals surface area contributed by atoms with Crippen LogP contribution in [0.5, 0.6) is 0 Å². The predicted molar refractivity (Wildman–Crippen MR) is 79.3 cm³/mol. The number of hydrogen-bond acceptors (Lipinski definition) is 2. The Bertz CT molecular complexity index is 424. The zero-order chi connectivity index (χ0) is 14.0. The molecule has 1 heterocycles. The van der Waals surface area contributed by atoms with E-state index >= 15 is 0 Å². The van der Waals surface area contributed by atoms with Gasteiger partial charge in [-0.25, -0.2) is 0 Å². The second kappa shape index (κ2) is 4.00. The van der Waals surface area contributed by atoms with Gasteiger partial charge in [0.25, 0.3) is 0 Å². The summed E-state index contributed by atoms with van der Waals surface area (Å²) in [6, 6.07) is 0.391. The summed E-state index contributed by atoms with van der Waals surface area (Å²) in [6.45, 7) is 6.88. The third-order valence-corrected chi connectivity index (χ3v) is 6.42. The standard InChI is InChI=1S/C17H28N2O/c1-15-3-12-4-16(2,9-15)11-17(5-12,10-15)6-14(20)19-13-7-18-8-13/h12-13,18H,3-11H2,1-2H3,(H,19,20). The van der Waals surface area contributed by atoms with E-state index in [9.17, 15) is 4.79 Å². The molecule has 0 aromatic carbocycles. The van der Waals surface area contributed by atoms with Crippen molar-refractivity contribution in [2.24, 2.45) is 22.2 Å². The normalized spacial score (nSPS) is 50.0. The van der Waals surface area contributed by atoms with E-state index in [1.54, 1.807) is 0 Å². The van der Waals surface area contributed by atoms with Gasteiger partial charge in [-0.15, -0.1) is 0 Å². The first kappa shape index (κ1) is 13.1. The number of amides is 1. The van der Waals surface area contributed by atoms with Gasteiger partial charge in [-0.05, 0) is 60.7 Å². The van der Waals surface area contributed by atoms with Crippen molar-refractivity contribution in [3.63, 3.8) is 0 Å². The van der Waals surface area contributed by atoms with Gasteiger partial charge in [0.15, 0.2) is 0 Å². The summed E-state index contributed by atoms with van der Waals surface area (Å²) >= 11 is 0. The fourth-order valence-corrected chi connectivity index (χ4v) is 6.89. The molecule has 1 aliphatic heterocycles. The van der Waals surface area contributed by atoms with Gasteiger partial charge in [0.05, 0.1) is 6.04 Å². The summed E-state index contributed by atoms with van der Waals surface area (Å²) in [5.41, 5.74) is 1.36. The second-order valence-electron chi connectivity index (χ2n) is 9.23. The maximum atomic E-state index is 12.4. The van der Waals surface area contributed by atoms with Crippen LogP contribution in [0.15, 0.2) is 0 Å². The second-order valence-corrected chi connectivity index (χ2v) is 9.23. The third-order valence-electron chi connectivity index (χ3n) is 6.42. The summed E-state index contributed by atoms with van der Waals surface area (Å²) in [7, 11) is 0. The number of hydrogen-bond donors (Lipinski definition) is 2. The number of rotatable bonds is 3. The van der Waals surface area contributed by atoms with Crippen LogP contribution in [0.4, 0.5) is 0 Å². The minimum Gasteiger partial charge on any atom is -0.351 e. The van der Waals surface area contributed by atoms with Crippen molar-refractivity contribution in [3.05, 3.63) is 0 Å². The number of nitrogens with one attached hydrogen (secondary N) is 2. The average molecular weight is 276 g/mol. The molecule has 5 rings (SSSR count). The third kappa shape index (κ3) is 2.09. The number of carbonyl (C=O) groups is 1. The first-order valence-electron chi connectivity index (χ1n) is 8.38. The van der Waals surface area contributed by atoms with E-state index < -0.39 is 0 Å². The SMILES string of the molecule is CC12CC3CC(C)(C1)CC(CC(=O)NC1CNC1)(C3)C2. The van der Waals surface area contributed by atoms with Gasteiger partial charge < -0.3 is 10.6 Å². The summed E-state index contributed by atoms with van der Waals surface area (Å²) in [5, 5.41) is 6.44. The van der Waals surface area contributed by atoms with E-state index in [0.29, 0.717) is 28.2 Å². The molecule has 4 aliphatic carbocycles. The molecular formula is C17H28N2O. The summed E-state index contributed by atoms with van der Waals surface area (Å²) < 4.78 is 0. The maximum absolute atomic E-state index is 12.4. The monoisotopic (exact) mass is 276 g/mol. The van der Waals surface area contributed by atoms with E-state index in [4.69, 9.17) is 0 Å². The van der Waals surface area contributed by atoms with E-state index in [1.165, 1.54) is 38.5 Å². The Labute approximate surface area is 122 Å². The highest BCUT2D eigenvalue weighted by Crippen LogP contribution is 2.70. The molecule has 5 fully saturated rings. The van der Waals surface area contributed by atoms with E-state index in [2.05, 4.69) is 24.5 Å². The molecule has 3 heteroatoms. The van der Waals surface area contributed by atoms with Gasteiger partial charge in [-0.1, -0.05) is 13.8 Å². The Hall–Kier alpha value is -0.570. The molecule has 4 bridgehead atoms. The lowest BCUT2D eigenvalue weighted by Gasteiger charge is -2.65. The van der Waals surface area contributed by atoms with Gasteiger partial charge in [0.2, 0.25) is 5.91 Å². The van der Waals surface area contributed by atoms with Crippen LogP contribution >= 0.6 is 0 Å². The summed E-state index contributed by atoms with van der Waals surface area (Å²) in [6.07, 6.45) is 8.91. The minimum absolute atomic E-state index is 0.311. The lowest BCUT2D eigenvalue weighted by atomic mass is 9.40. The lowest BCUT2D eigenvalue weighted by molar-refractivity contribution is -0.156. The van der Waals surface area contributed by atoms with E-state index in [1.807, 2.05) is 0 Å². The van der Waals surface area contributed by atoms with Gasteiger partial charge in [0.1, 0.15) is 0 Å². The van der Waals surface area contributed by atoms with Gasteiger partial charge >= 0.3 is 0 Å². The highest BCUT2D eigenvalue weighted by Gasteiger charge is 2.60. The fourth-order valence-electron chi connectivity index (χ4n) is 6.89. The van der Waals surface area contributed by atoms with Crippen molar-refractivity contribution in [2.45, 2.75) is 64.8 Å². The zero-order valence-corrected chi connectivity index (χ0v) is 12.9. The molecular weight excluding hydrogens is 248 g/mol. The van der Waals surface area contributed by atoms with Crippen LogP contribution in [0.25, 0.3) is 0 Å². The maximum Gasteiger partial charge on any atom is 0.220 e. The molecule has 1 saturated heterocycles. The van der Waals surface area contributed by atoms with Crippen LogP contribution in [-0.4, -0.2) is 25.0 Å². The molecule has 20 heavy (non-hydrogen) atoms. The fraction of sp³-hybridized carbons (Fsp3) is 0.941. The molecule has 0 aromatic heterocycles.